The summed E-state index contributed by atoms with van der Waals surface area (Å²) in [6.07, 6.45) is 0. The van der Waals surface area contributed by atoms with Crippen molar-refractivity contribution in [2.75, 3.05) is 5.32 Å². The molecule has 17 heavy (non-hydrogen) atoms. The first-order chi connectivity index (χ1) is 7.71. The highest BCUT2D eigenvalue weighted by molar-refractivity contribution is 9.10. The van der Waals surface area contributed by atoms with Gasteiger partial charge in [0.1, 0.15) is 0 Å². The molecule has 4 nitrogen and oxygen atoms in total. The summed E-state index contributed by atoms with van der Waals surface area (Å²) in [5, 5.41) is 2.78. The van der Waals surface area contributed by atoms with Crippen LogP contribution in [0.2, 0.25) is 0 Å². The van der Waals surface area contributed by atoms with Crippen molar-refractivity contribution in [1.29, 1.82) is 0 Å². The van der Waals surface area contributed by atoms with Crippen molar-refractivity contribution in [3.63, 3.8) is 0 Å². The van der Waals surface area contributed by atoms with Crippen molar-refractivity contribution >= 4 is 33.4 Å². The van der Waals surface area contributed by atoms with Gasteiger partial charge in [0.05, 0.1) is 4.32 Å². The van der Waals surface area contributed by atoms with Gasteiger partial charge in [0, 0.05) is 11.3 Å². The molecule has 0 heterocycles. The number of halogens is 1. The molecule has 0 radical (unpaired) electrons. The number of amides is 2. The molecule has 2 amide bonds. The number of carbonyl (C=O) groups is 2. The summed E-state index contributed by atoms with van der Waals surface area (Å²) in [7, 11) is 0. The normalized spacial score (nSPS) is 11.1. The third kappa shape index (κ3) is 3.56. The molecule has 0 saturated carbocycles. The van der Waals surface area contributed by atoms with Crippen LogP contribution in [0.3, 0.4) is 0 Å². The summed E-state index contributed by atoms with van der Waals surface area (Å²) in [6.45, 7) is 5.33. The van der Waals surface area contributed by atoms with E-state index in [1.807, 2.05) is 6.92 Å². The van der Waals surface area contributed by atoms with Crippen LogP contribution < -0.4 is 11.1 Å². The predicted molar refractivity (Wildman–Crippen MR) is 71.3 cm³/mol. The minimum Gasteiger partial charge on any atom is -0.366 e. The Morgan fingerprint density at radius 2 is 1.94 bits per heavy atom. The van der Waals surface area contributed by atoms with Crippen LogP contribution in [0, 0.1) is 6.92 Å². The van der Waals surface area contributed by atoms with Gasteiger partial charge in [-0.05, 0) is 44.5 Å². The van der Waals surface area contributed by atoms with Crippen LogP contribution in [0.25, 0.3) is 0 Å². The molecule has 0 bridgehead atoms. The number of carbonyl (C=O) groups excluding carboxylic acids is 2. The van der Waals surface area contributed by atoms with E-state index >= 15 is 0 Å². The van der Waals surface area contributed by atoms with Gasteiger partial charge < -0.3 is 11.1 Å². The summed E-state index contributed by atoms with van der Waals surface area (Å²) in [4.78, 5) is 22.7. The number of anilines is 1. The highest BCUT2D eigenvalue weighted by Crippen LogP contribution is 2.21. The highest BCUT2D eigenvalue weighted by Gasteiger charge is 2.23. The van der Waals surface area contributed by atoms with E-state index in [-0.39, 0.29) is 5.91 Å². The second-order valence-electron chi connectivity index (χ2n) is 4.32. The number of hydrogen-bond donors (Lipinski definition) is 2. The van der Waals surface area contributed by atoms with Gasteiger partial charge in [0.2, 0.25) is 11.8 Å². The smallest absolute Gasteiger partial charge is 0.248 e. The van der Waals surface area contributed by atoms with E-state index in [0.29, 0.717) is 11.3 Å². The molecule has 0 spiro atoms. The Morgan fingerprint density at radius 3 is 2.35 bits per heavy atom. The average molecular weight is 299 g/mol. The molecule has 0 unspecified atom stereocenters. The Balaban J connectivity index is 2.95. The molecule has 5 heteroatoms. The fraction of sp³-hybridized carbons (Fsp3) is 0.333. The van der Waals surface area contributed by atoms with Gasteiger partial charge in [-0.3, -0.25) is 9.59 Å². The minimum atomic E-state index is -0.637. The minimum absolute atomic E-state index is 0.146. The Bertz CT molecular complexity index is 464. The number of alkyl halides is 1. The largest absolute Gasteiger partial charge is 0.366 e. The molecule has 0 aliphatic heterocycles. The van der Waals surface area contributed by atoms with Crippen molar-refractivity contribution in [1.82, 2.24) is 0 Å². The van der Waals surface area contributed by atoms with Crippen LogP contribution in [-0.4, -0.2) is 16.1 Å². The third-order valence-electron chi connectivity index (χ3n) is 2.30. The fourth-order valence-electron chi connectivity index (χ4n) is 1.23. The molecule has 0 aromatic heterocycles. The first-order valence-electron chi connectivity index (χ1n) is 5.12. The van der Waals surface area contributed by atoms with Crippen LogP contribution in [0.1, 0.15) is 29.8 Å². The second kappa shape index (κ2) is 4.87. The zero-order chi connectivity index (χ0) is 13.2. The average Bonchev–Trinajstić information content (AvgIpc) is 2.19. The van der Waals surface area contributed by atoms with Crippen molar-refractivity contribution in [3.8, 4) is 0 Å². The Hall–Kier alpha value is -1.36. The number of nitrogens with one attached hydrogen (secondary N) is 1. The van der Waals surface area contributed by atoms with Crippen LogP contribution in [0.4, 0.5) is 5.69 Å². The lowest BCUT2D eigenvalue weighted by Crippen LogP contribution is -2.31. The molecule has 1 aromatic carbocycles. The zero-order valence-electron chi connectivity index (χ0n) is 10.0. The number of benzene rings is 1. The maximum atomic E-state index is 11.8. The van der Waals surface area contributed by atoms with Crippen molar-refractivity contribution in [3.05, 3.63) is 29.3 Å². The molecule has 0 atom stereocenters. The highest BCUT2D eigenvalue weighted by atomic mass is 79.9. The van der Waals surface area contributed by atoms with E-state index in [0.717, 1.165) is 5.56 Å². The summed E-state index contributed by atoms with van der Waals surface area (Å²) in [5.74, 6) is -0.626. The SMILES string of the molecule is Cc1cc(C(N)=O)ccc1NC(=O)C(C)(C)Br. The van der Waals surface area contributed by atoms with E-state index in [9.17, 15) is 9.59 Å². The van der Waals surface area contributed by atoms with Gasteiger partial charge >= 0.3 is 0 Å². The molecule has 92 valence electrons. The summed E-state index contributed by atoms with van der Waals surface area (Å²) >= 11 is 3.28. The number of rotatable bonds is 3. The molecule has 0 aliphatic rings. The zero-order valence-corrected chi connectivity index (χ0v) is 11.6. The quantitative estimate of drug-likeness (QED) is 0.840. The third-order valence-corrected chi connectivity index (χ3v) is 2.66. The Morgan fingerprint density at radius 1 is 1.35 bits per heavy atom. The van der Waals surface area contributed by atoms with Gasteiger partial charge in [0.25, 0.3) is 0 Å². The molecular formula is C12H15BrN2O2. The number of aryl methyl sites for hydroxylation is 1. The van der Waals surface area contributed by atoms with E-state index < -0.39 is 10.2 Å². The molecule has 1 rings (SSSR count). The molecule has 1 aromatic rings. The second-order valence-corrected chi connectivity index (χ2v) is 6.30. The topological polar surface area (TPSA) is 72.2 Å². The van der Waals surface area contributed by atoms with E-state index in [4.69, 9.17) is 5.73 Å². The van der Waals surface area contributed by atoms with Gasteiger partial charge in [-0.15, -0.1) is 0 Å². The van der Waals surface area contributed by atoms with E-state index in [1.54, 1.807) is 32.0 Å². The van der Waals surface area contributed by atoms with Crippen LogP contribution in [0.15, 0.2) is 18.2 Å². The van der Waals surface area contributed by atoms with Gasteiger partial charge in [-0.2, -0.15) is 0 Å². The summed E-state index contributed by atoms with van der Waals surface area (Å²) in [6, 6.07) is 4.91. The van der Waals surface area contributed by atoms with Gasteiger partial charge in [0.15, 0.2) is 0 Å². The maximum absolute atomic E-state index is 11.8. The molecule has 3 N–H and O–H groups in total. The van der Waals surface area contributed by atoms with Gasteiger partial charge in [-0.25, -0.2) is 0 Å². The molecular weight excluding hydrogens is 284 g/mol. The van der Waals surface area contributed by atoms with E-state index in [1.165, 1.54) is 0 Å². The summed E-state index contributed by atoms with van der Waals surface area (Å²) < 4.78 is -0.637. The lowest BCUT2D eigenvalue weighted by molar-refractivity contribution is -0.117. The van der Waals surface area contributed by atoms with Gasteiger partial charge in [-0.1, -0.05) is 15.9 Å². The number of nitrogens with two attached hydrogens (primary N) is 1. The first kappa shape index (κ1) is 13.7. The van der Waals surface area contributed by atoms with E-state index in [2.05, 4.69) is 21.2 Å². The first-order valence-corrected chi connectivity index (χ1v) is 5.92. The fourth-order valence-corrected chi connectivity index (χ4v) is 1.33. The maximum Gasteiger partial charge on any atom is 0.248 e. The molecule has 0 aliphatic carbocycles. The lowest BCUT2D eigenvalue weighted by Gasteiger charge is -2.17. The van der Waals surface area contributed by atoms with Crippen LogP contribution in [0.5, 0.6) is 0 Å². The van der Waals surface area contributed by atoms with Crippen molar-refractivity contribution in [2.24, 2.45) is 5.73 Å². The molecule has 0 saturated heterocycles. The standard InChI is InChI=1S/C12H15BrN2O2/c1-7-6-8(10(14)16)4-5-9(7)15-11(17)12(2,3)13/h4-6H,1-3H3,(H2,14,16)(H,15,17). The van der Waals surface area contributed by atoms with Crippen LogP contribution in [-0.2, 0) is 4.79 Å². The summed E-state index contributed by atoms with van der Waals surface area (Å²) in [5.41, 5.74) is 7.07. The van der Waals surface area contributed by atoms with Crippen LogP contribution >= 0.6 is 15.9 Å². The number of primary amides is 1. The molecule has 0 fully saturated rings. The monoisotopic (exact) mass is 298 g/mol. The predicted octanol–water partition coefficient (Wildman–Crippen LogP) is 2.21. The Labute approximate surface area is 109 Å². The Kier molecular flexibility index (Phi) is 3.93. The lowest BCUT2D eigenvalue weighted by atomic mass is 10.1. The van der Waals surface area contributed by atoms with Crippen molar-refractivity contribution < 1.29 is 9.59 Å². The number of hydrogen-bond acceptors (Lipinski definition) is 2. The van der Waals surface area contributed by atoms with Crippen molar-refractivity contribution in [2.45, 2.75) is 25.1 Å².